The van der Waals surface area contributed by atoms with Crippen LogP contribution in [-0.4, -0.2) is 36.9 Å². The van der Waals surface area contributed by atoms with E-state index in [9.17, 15) is 4.79 Å². The Balaban J connectivity index is 2.60. The average Bonchev–Trinajstić information content (AvgIpc) is 2.44. The smallest absolute Gasteiger partial charge is 0.166 e. The lowest BCUT2D eigenvalue weighted by molar-refractivity contribution is 0.0977. The number of rotatable bonds is 9. The molecule has 3 heteroatoms. The van der Waals surface area contributed by atoms with Crippen LogP contribution in [0.1, 0.15) is 44.0 Å². The number of carbonyl (C=O) groups is 1. The molecule has 1 aromatic rings. The lowest BCUT2D eigenvalue weighted by Crippen LogP contribution is -2.28. The fraction of sp³-hybridized carbons (Fsp3) is 0.562. The molecule has 0 aliphatic heterocycles. The maximum absolute atomic E-state index is 12.0. The molecule has 0 aromatic heterocycles. The Bertz CT molecular complexity index is 386. The number of hydrogen-bond acceptors (Lipinski definition) is 3. The van der Waals surface area contributed by atoms with Gasteiger partial charge in [0.05, 0.1) is 5.56 Å². The van der Waals surface area contributed by atoms with Gasteiger partial charge < -0.3 is 9.64 Å². The summed E-state index contributed by atoms with van der Waals surface area (Å²) in [6.45, 7) is 9.86. The molecule has 0 radical (unpaired) electrons. The van der Waals surface area contributed by atoms with Gasteiger partial charge in [-0.3, -0.25) is 4.79 Å². The number of para-hydroxylation sites is 1. The van der Waals surface area contributed by atoms with Crippen LogP contribution in [-0.2, 0) is 0 Å². The van der Waals surface area contributed by atoms with Crippen molar-refractivity contribution >= 4 is 5.78 Å². The van der Waals surface area contributed by atoms with Crippen LogP contribution in [0.3, 0.4) is 0 Å². The molecule has 19 heavy (non-hydrogen) atoms. The van der Waals surface area contributed by atoms with E-state index in [2.05, 4.69) is 18.7 Å². The van der Waals surface area contributed by atoms with Gasteiger partial charge in [-0.1, -0.05) is 32.9 Å². The van der Waals surface area contributed by atoms with Crippen LogP contribution < -0.4 is 4.74 Å². The third kappa shape index (κ3) is 5.03. The first-order chi connectivity index (χ1) is 9.22. The van der Waals surface area contributed by atoms with E-state index in [4.69, 9.17) is 4.74 Å². The van der Waals surface area contributed by atoms with Gasteiger partial charge >= 0.3 is 0 Å². The monoisotopic (exact) mass is 263 g/mol. The molecule has 1 aromatic carbocycles. The minimum Gasteiger partial charge on any atom is -0.491 e. The number of benzene rings is 1. The molecule has 0 amide bonds. The van der Waals surface area contributed by atoms with Crippen LogP contribution in [0.2, 0.25) is 0 Å². The Morgan fingerprint density at radius 2 is 1.84 bits per heavy atom. The molecule has 106 valence electrons. The number of carbonyl (C=O) groups excluding carboxylic acids is 1. The van der Waals surface area contributed by atoms with Crippen molar-refractivity contribution in [1.82, 2.24) is 4.90 Å². The summed E-state index contributed by atoms with van der Waals surface area (Å²) in [5.41, 5.74) is 0.712. The Morgan fingerprint density at radius 1 is 1.16 bits per heavy atom. The molecule has 0 saturated heterocycles. The predicted molar refractivity (Wildman–Crippen MR) is 79.0 cm³/mol. The second kappa shape index (κ2) is 8.70. The minimum atomic E-state index is 0.168. The van der Waals surface area contributed by atoms with Crippen molar-refractivity contribution in [3.8, 4) is 5.75 Å². The molecule has 0 spiro atoms. The van der Waals surface area contributed by atoms with Gasteiger partial charge in [0.25, 0.3) is 0 Å². The molecule has 0 aliphatic carbocycles. The highest BCUT2D eigenvalue weighted by molar-refractivity contribution is 5.98. The molecule has 0 saturated carbocycles. The van der Waals surface area contributed by atoms with Gasteiger partial charge in [-0.2, -0.15) is 0 Å². The topological polar surface area (TPSA) is 29.5 Å². The molecule has 0 aliphatic rings. The van der Waals surface area contributed by atoms with E-state index in [1.807, 2.05) is 31.2 Å². The van der Waals surface area contributed by atoms with Gasteiger partial charge in [-0.15, -0.1) is 0 Å². The number of likely N-dealkylation sites (N-methyl/N-ethyl adjacent to an activating group) is 1. The van der Waals surface area contributed by atoms with Crippen molar-refractivity contribution in [2.24, 2.45) is 0 Å². The zero-order chi connectivity index (χ0) is 14.1. The van der Waals surface area contributed by atoms with E-state index < -0.39 is 0 Å². The lowest BCUT2D eigenvalue weighted by Gasteiger charge is -2.18. The third-order valence-electron chi connectivity index (χ3n) is 3.22. The largest absolute Gasteiger partial charge is 0.491 e. The average molecular weight is 263 g/mol. The molecule has 0 bridgehead atoms. The summed E-state index contributed by atoms with van der Waals surface area (Å²) >= 11 is 0. The molecule has 0 N–H and O–H groups in total. The highest BCUT2D eigenvalue weighted by atomic mass is 16.5. The maximum Gasteiger partial charge on any atom is 0.166 e. The second-order valence-electron chi connectivity index (χ2n) is 4.54. The highest BCUT2D eigenvalue weighted by Gasteiger charge is 2.11. The van der Waals surface area contributed by atoms with Crippen molar-refractivity contribution in [2.75, 3.05) is 26.2 Å². The second-order valence-corrected chi connectivity index (χ2v) is 4.54. The molecule has 0 unspecified atom stereocenters. The summed E-state index contributed by atoms with van der Waals surface area (Å²) in [6.07, 6.45) is 1.45. The molecule has 1 rings (SSSR count). The Kier molecular flexibility index (Phi) is 7.19. The Morgan fingerprint density at radius 3 is 2.47 bits per heavy atom. The summed E-state index contributed by atoms with van der Waals surface area (Å²) in [7, 11) is 0. The summed E-state index contributed by atoms with van der Waals surface area (Å²) in [5, 5.41) is 0. The Labute approximate surface area is 116 Å². The van der Waals surface area contributed by atoms with Gasteiger partial charge in [-0.05, 0) is 31.6 Å². The number of ketones is 1. The predicted octanol–water partition coefficient (Wildman–Crippen LogP) is 3.39. The lowest BCUT2D eigenvalue weighted by atomic mass is 10.1. The van der Waals surface area contributed by atoms with Crippen molar-refractivity contribution in [1.29, 1.82) is 0 Å². The van der Waals surface area contributed by atoms with Gasteiger partial charge in [0.2, 0.25) is 0 Å². The summed E-state index contributed by atoms with van der Waals surface area (Å²) in [4.78, 5) is 14.3. The van der Waals surface area contributed by atoms with Crippen LogP contribution in [0.15, 0.2) is 24.3 Å². The van der Waals surface area contributed by atoms with Crippen LogP contribution in [0.5, 0.6) is 5.75 Å². The zero-order valence-electron chi connectivity index (χ0n) is 12.3. The maximum atomic E-state index is 12.0. The van der Waals surface area contributed by atoms with Crippen LogP contribution >= 0.6 is 0 Å². The summed E-state index contributed by atoms with van der Waals surface area (Å²) in [5.74, 6) is 0.883. The number of hydrogen-bond donors (Lipinski definition) is 0. The van der Waals surface area contributed by atoms with Crippen molar-refractivity contribution in [3.63, 3.8) is 0 Å². The number of Topliss-reactive ketones (excluding diaryl/α,β-unsaturated/α-hetero) is 1. The third-order valence-corrected chi connectivity index (χ3v) is 3.22. The summed E-state index contributed by atoms with van der Waals surface area (Å²) in [6, 6.07) is 7.53. The Hall–Kier alpha value is -1.35. The van der Waals surface area contributed by atoms with E-state index in [0.717, 1.165) is 26.1 Å². The quantitative estimate of drug-likeness (QED) is 0.640. The highest BCUT2D eigenvalue weighted by Crippen LogP contribution is 2.20. The van der Waals surface area contributed by atoms with Crippen LogP contribution in [0.25, 0.3) is 0 Å². The normalized spacial score (nSPS) is 10.7. The molecule has 0 heterocycles. The summed E-state index contributed by atoms with van der Waals surface area (Å²) < 4.78 is 5.78. The van der Waals surface area contributed by atoms with Crippen molar-refractivity contribution < 1.29 is 9.53 Å². The molecule has 0 atom stereocenters. The van der Waals surface area contributed by atoms with Crippen LogP contribution in [0, 0.1) is 0 Å². The van der Waals surface area contributed by atoms with E-state index in [0.29, 0.717) is 24.3 Å². The molecule has 0 fully saturated rings. The first kappa shape index (κ1) is 15.7. The number of nitrogens with zero attached hydrogens (tertiary/aromatic N) is 1. The van der Waals surface area contributed by atoms with E-state index in [1.54, 1.807) is 0 Å². The van der Waals surface area contributed by atoms with Gasteiger partial charge in [-0.25, -0.2) is 0 Å². The number of ether oxygens (including phenoxy) is 1. The molecular formula is C16H25NO2. The van der Waals surface area contributed by atoms with Gasteiger partial charge in [0.15, 0.2) is 5.78 Å². The van der Waals surface area contributed by atoms with Crippen molar-refractivity contribution in [3.05, 3.63) is 29.8 Å². The zero-order valence-corrected chi connectivity index (χ0v) is 12.3. The first-order valence-electron chi connectivity index (χ1n) is 7.20. The van der Waals surface area contributed by atoms with E-state index >= 15 is 0 Å². The van der Waals surface area contributed by atoms with Crippen molar-refractivity contribution in [2.45, 2.75) is 33.6 Å². The molecule has 3 nitrogen and oxygen atoms in total. The SMILES string of the molecule is CCCC(=O)c1ccccc1OCCN(CC)CC. The fourth-order valence-electron chi connectivity index (χ4n) is 2.01. The first-order valence-corrected chi connectivity index (χ1v) is 7.20. The van der Waals surface area contributed by atoms with Crippen LogP contribution in [0.4, 0.5) is 0 Å². The standard InChI is InChI=1S/C16H25NO2/c1-4-9-15(18)14-10-7-8-11-16(14)19-13-12-17(5-2)6-3/h7-8,10-11H,4-6,9,12-13H2,1-3H3. The van der Waals surface area contributed by atoms with Gasteiger partial charge in [0, 0.05) is 13.0 Å². The van der Waals surface area contributed by atoms with Gasteiger partial charge in [0.1, 0.15) is 12.4 Å². The minimum absolute atomic E-state index is 0.168. The van der Waals surface area contributed by atoms with E-state index in [1.165, 1.54) is 0 Å². The van der Waals surface area contributed by atoms with E-state index in [-0.39, 0.29) is 5.78 Å². The fourth-order valence-corrected chi connectivity index (χ4v) is 2.01. The molecular weight excluding hydrogens is 238 g/mol.